The topological polar surface area (TPSA) is 98.1 Å². The molecule has 0 aliphatic heterocycles. The molecule has 0 spiro atoms. The zero-order valence-electron chi connectivity index (χ0n) is 15.7. The number of hydrazine groups is 1. The second-order valence-electron chi connectivity index (χ2n) is 7.32. The molecule has 0 radical (unpaired) electrons. The first-order valence-electron chi connectivity index (χ1n) is 8.86. The molecule has 140 valence electrons. The highest BCUT2D eigenvalue weighted by Crippen LogP contribution is 2.35. The van der Waals surface area contributed by atoms with E-state index in [2.05, 4.69) is 41.9 Å². The second kappa shape index (κ2) is 8.42. The Kier molecular flexibility index (Phi) is 6.52. The van der Waals surface area contributed by atoms with Crippen LogP contribution in [-0.4, -0.2) is 39.5 Å². The number of aromatic nitrogens is 3. The molecule has 0 aromatic carbocycles. The molecule has 2 amide bonds. The van der Waals surface area contributed by atoms with Crippen molar-refractivity contribution in [3.05, 3.63) is 11.4 Å². The van der Waals surface area contributed by atoms with Gasteiger partial charge in [0, 0.05) is 7.05 Å². The van der Waals surface area contributed by atoms with Crippen molar-refractivity contribution in [3.8, 4) is 0 Å². The average molecular weight is 351 g/mol. The second-order valence-corrected chi connectivity index (χ2v) is 7.32. The number of nitrogens with zero attached hydrogens (tertiary/aromatic N) is 3. The minimum Gasteiger partial charge on any atom is -0.368 e. The van der Waals surface area contributed by atoms with Gasteiger partial charge in [0.05, 0.1) is 11.8 Å². The lowest BCUT2D eigenvalue weighted by Crippen LogP contribution is -2.45. The number of ether oxygens (including phenoxy) is 1. The quantitative estimate of drug-likeness (QED) is 0.781. The maximum Gasteiger partial charge on any atom is 0.292 e. The van der Waals surface area contributed by atoms with Gasteiger partial charge < -0.3 is 4.74 Å². The van der Waals surface area contributed by atoms with Crippen molar-refractivity contribution in [2.24, 2.45) is 24.8 Å². The fourth-order valence-electron chi connectivity index (χ4n) is 3.33. The predicted molar refractivity (Wildman–Crippen MR) is 92.4 cm³/mol. The van der Waals surface area contributed by atoms with E-state index in [1.54, 1.807) is 14.0 Å². The van der Waals surface area contributed by atoms with Crippen molar-refractivity contribution in [2.45, 2.75) is 53.1 Å². The molecular formula is C17H29N5O3. The summed E-state index contributed by atoms with van der Waals surface area (Å²) >= 11 is 0. The van der Waals surface area contributed by atoms with Crippen LogP contribution in [0.2, 0.25) is 0 Å². The van der Waals surface area contributed by atoms with E-state index < -0.39 is 5.91 Å². The largest absolute Gasteiger partial charge is 0.368 e. The van der Waals surface area contributed by atoms with Crippen LogP contribution in [0.4, 0.5) is 0 Å². The number of carbonyl (C=O) groups is 2. The van der Waals surface area contributed by atoms with E-state index >= 15 is 0 Å². The lowest BCUT2D eigenvalue weighted by molar-refractivity contribution is -0.132. The Morgan fingerprint density at radius 2 is 2.04 bits per heavy atom. The summed E-state index contributed by atoms with van der Waals surface area (Å²) in [7, 11) is 1.70. The Morgan fingerprint density at radius 3 is 2.64 bits per heavy atom. The van der Waals surface area contributed by atoms with Gasteiger partial charge in [0.15, 0.2) is 5.69 Å². The van der Waals surface area contributed by atoms with Crippen LogP contribution in [0.25, 0.3) is 0 Å². The van der Waals surface area contributed by atoms with Crippen molar-refractivity contribution in [2.75, 3.05) is 6.61 Å². The van der Waals surface area contributed by atoms with Crippen LogP contribution < -0.4 is 10.9 Å². The van der Waals surface area contributed by atoms with Gasteiger partial charge in [-0.3, -0.25) is 25.1 Å². The summed E-state index contributed by atoms with van der Waals surface area (Å²) in [5.74, 6) is 0.740. The lowest BCUT2D eigenvalue weighted by atomic mass is 9.75. The third-order valence-electron chi connectivity index (χ3n) is 5.03. The number of hydrogen-bond acceptors (Lipinski definition) is 5. The molecule has 8 nitrogen and oxygen atoms in total. The van der Waals surface area contributed by atoms with Crippen LogP contribution >= 0.6 is 0 Å². The van der Waals surface area contributed by atoms with Crippen LogP contribution in [-0.2, 0) is 16.6 Å². The predicted octanol–water partition coefficient (Wildman–Crippen LogP) is 1.36. The molecule has 3 atom stereocenters. The number of rotatable bonds is 5. The van der Waals surface area contributed by atoms with E-state index in [-0.39, 0.29) is 24.3 Å². The molecule has 1 aliphatic rings. The summed E-state index contributed by atoms with van der Waals surface area (Å²) in [6.07, 6.45) is 3.41. The minimum absolute atomic E-state index is 0.0691. The van der Waals surface area contributed by atoms with E-state index in [1.165, 1.54) is 11.1 Å². The number of carbonyl (C=O) groups excluding carboxylic acids is 2. The molecule has 25 heavy (non-hydrogen) atoms. The third kappa shape index (κ3) is 5.01. The molecule has 0 saturated heterocycles. The van der Waals surface area contributed by atoms with E-state index in [9.17, 15) is 9.59 Å². The Morgan fingerprint density at radius 1 is 1.32 bits per heavy atom. The standard InChI is InChI=1S/C17H29N5O3/c1-10(2)13-7-6-11(3)8-14(13)25-9-15(23)18-20-17(24)16-12(4)22(5)21-19-16/h10-11,13-14H,6-9H2,1-5H3,(H,18,23)(H,20,24). The van der Waals surface area contributed by atoms with Gasteiger partial charge in [0.25, 0.3) is 11.8 Å². The highest BCUT2D eigenvalue weighted by molar-refractivity contribution is 5.94. The van der Waals surface area contributed by atoms with Crippen molar-refractivity contribution < 1.29 is 14.3 Å². The van der Waals surface area contributed by atoms with Crippen molar-refractivity contribution in [1.82, 2.24) is 25.8 Å². The van der Waals surface area contributed by atoms with E-state index in [4.69, 9.17) is 4.74 Å². The molecule has 3 unspecified atom stereocenters. The monoisotopic (exact) mass is 351 g/mol. The maximum absolute atomic E-state index is 12.0. The molecule has 1 heterocycles. The van der Waals surface area contributed by atoms with Crippen LogP contribution in [0.15, 0.2) is 0 Å². The van der Waals surface area contributed by atoms with Gasteiger partial charge in [-0.25, -0.2) is 0 Å². The fraction of sp³-hybridized carbons (Fsp3) is 0.765. The average Bonchev–Trinajstić information content (AvgIpc) is 2.90. The van der Waals surface area contributed by atoms with Gasteiger partial charge in [-0.15, -0.1) is 5.10 Å². The van der Waals surface area contributed by atoms with Crippen LogP contribution in [0.3, 0.4) is 0 Å². The molecule has 1 aromatic heterocycles. The number of aryl methyl sites for hydroxylation is 1. The maximum atomic E-state index is 12.0. The Labute approximate surface area is 148 Å². The van der Waals surface area contributed by atoms with E-state index in [0.717, 1.165) is 12.8 Å². The van der Waals surface area contributed by atoms with Gasteiger partial charge in [0.2, 0.25) is 0 Å². The number of nitrogens with one attached hydrogen (secondary N) is 2. The molecule has 2 N–H and O–H groups in total. The highest BCUT2D eigenvalue weighted by atomic mass is 16.5. The first-order chi connectivity index (χ1) is 11.8. The molecule has 8 heteroatoms. The Balaban J connectivity index is 1.79. The van der Waals surface area contributed by atoms with Gasteiger partial charge in [-0.2, -0.15) is 0 Å². The van der Waals surface area contributed by atoms with Gasteiger partial charge in [-0.05, 0) is 37.5 Å². The fourth-order valence-corrected chi connectivity index (χ4v) is 3.33. The summed E-state index contributed by atoms with van der Waals surface area (Å²) in [4.78, 5) is 24.0. The normalized spacial score (nSPS) is 23.5. The summed E-state index contributed by atoms with van der Waals surface area (Å²) < 4.78 is 7.36. The van der Waals surface area contributed by atoms with Crippen molar-refractivity contribution in [3.63, 3.8) is 0 Å². The Hall–Kier alpha value is -1.96. The molecule has 1 saturated carbocycles. The van der Waals surface area contributed by atoms with E-state index in [0.29, 0.717) is 23.4 Å². The molecule has 1 aliphatic carbocycles. The summed E-state index contributed by atoms with van der Waals surface area (Å²) in [5, 5.41) is 7.53. The summed E-state index contributed by atoms with van der Waals surface area (Å²) in [5.41, 5.74) is 5.53. The first-order valence-corrected chi connectivity index (χ1v) is 8.86. The molecule has 2 rings (SSSR count). The van der Waals surface area contributed by atoms with Gasteiger partial charge in [-0.1, -0.05) is 32.4 Å². The molecule has 1 aromatic rings. The summed E-state index contributed by atoms with van der Waals surface area (Å²) in [6, 6.07) is 0. The van der Waals surface area contributed by atoms with Gasteiger partial charge >= 0.3 is 0 Å². The smallest absolute Gasteiger partial charge is 0.292 e. The van der Waals surface area contributed by atoms with Crippen LogP contribution in [0.5, 0.6) is 0 Å². The zero-order chi connectivity index (χ0) is 18.6. The molecular weight excluding hydrogens is 322 g/mol. The first kappa shape index (κ1) is 19.4. The number of hydrogen-bond donors (Lipinski definition) is 2. The minimum atomic E-state index is -0.495. The van der Waals surface area contributed by atoms with Crippen LogP contribution in [0.1, 0.15) is 56.2 Å². The lowest BCUT2D eigenvalue weighted by Gasteiger charge is -2.37. The van der Waals surface area contributed by atoms with E-state index in [1.807, 2.05) is 0 Å². The van der Waals surface area contributed by atoms with Crippen LogP contribution in [0, 0.1) is 24.7 Å². The van der Waals surface area contributed by atoms with Crippen molar-refractivity contribution in [1.29, 1.82) is 0 Å². The van der Waals surface area contributed by atoms with Gasteiger partial charge in [0.1, 0.15) is 6.61 Å². The summed E-state index contributed by atoms with van der Waals surface area (Å²) in [6.45, 7) is 8.27. The SMILES string of the molecule is Cc1c(C(=O)NNC(=O)COC2CC(C)CCC2C(C)C)nnn1C. The zero-order valence-corrected chi connectivity index (χ0v) is 15.7. The number of amides is 2. The van der Waals surface area contributed by atoms with Crippen molar-refractivity contribution >= 4 is 11.8 Å². The third-order valence-corrected chi connectivity index (χ3v) is 5.03. The Bertz CT molecular complexity index is 613. The highest BCUT2D eigenvalue weighted by Gasteiger charge is 2.31. The molecule has 0 bridgehead atoms. The molecule has 1 fully saturated rings.